The summed E-state index contributed by atoms with van der Waals surface area (Å²) in [5.74, 6) is 0. The van der Waals surface area contributed by atoms with Gasteiger partial charge in [-0.15, -0.1) is 0 Å². The molecule has 0 atom stereocenters. The molecule has 8 rings (SSSR count). The van der Waals surface area contributed by atoms with Crippen molar-refractivity contribution >= 4 is 95.7 Å². The molecule has 0 aromatic heterocycles. The molecule has 8 aromatic carbocycles. The zero-order chi connectivity index (χ0) is 29.6. The highest BCUT2D eigenvalue weighted by molar-refractivity contribution is 9.10. The quantitative estimate of drug-likeness (QED) is 0.134. The van der Waals surface area contributed by atoms with Crippen molar-refractivity contribution < 1.29 is 0 Å². The predicted octanol–water partition coefficient (Wildman–Crippen LogP) is 11.1. The molecular weight excluding hydrogens is 599 g/mol. The van der Waals surface area contributed by atoms with Crippen LogP contribution in [0.2, 0.25) is 0 Å². The number of benzene rings is 8. The van der Waals surface area contributed by atoms with E-state index < -0.39 is 0 Å². The Morgan fingerprint density at radius 1 is 0.409 bits per heavy atom. The van der Waals surface area contributed by atoms with Crippen molar-refractivity contribution in [1.29, 1.82) is 0 Å². The summed E-state index contributed by atoms with van der Waals surface area (Å²) in [6.07, 6.45) is 0. The summed E-state index contributed by atoms with van der Waals surface area (Å²) in [5.41, 5.74) is 7.13. The van der Waals surface area contributed by atoms with Gasteiger partial charge in [0.2, 0.25) is 0 Å². The molecule has 0 spiro atoms. The van der Waals surface area contributed by atoms with Gasteiger partial charge in [0.05, 0.1) is 5.69 Å². The van der Waals surface area contributed by atoms with E-state index in [1.54, 1.807) is 0 Å². The Hall–Kier alpha value is -5.06. The van der Waals surface area contributed by atoms with Crippen LogP contribution in [0.4, 0.5) is 34.1 Å². The van der Waals surface area contributed by atoms with Gasteiger partial charge in [-0.25, -0.2) is 0 Å². The van der Waals surface area contributed by atoms with Crippen LogP contribution in [0, 0.1) is 0 Å². The van der Waals surface area contributed by atoms with Crippen molar-refractivity contribution in [2.45, 2.75) is 0 Å². The molecule has 0 fully saturated rings. The van der Waals surface area contributed by atoms with Crippen LogP contribution in [0.3, 0.4) is 0 Å². The number of hydrogen-bond acceptors (Lipinski definition) is 2. The number of nitrogens with zero attached hydrogens (tertiary/aromatic N) is 2. The fourth-order valence-corrected chi connectivity index (χ4v) is 7.15. The fourth-order valence-electron chi connectivity index (χ4n) is 6.51. The van der Waals surface area contributed by atoms with Gasteiger partial charge in [0.15, 0.2) is 0 Å². The highest BCUT2D eigenvalue weighted by Crippen LogP contribution is 2.49. The molecule has 0 aliphatic heterocycles. The van der Waals surface area contributed by atoms with Crippen LogP contribution in [0.1, 0.15) is 0 Å². The van der Waals surface area contributed by atoms with Crippen LogP contribution in [0.15, 0.2) is 162 Å². The predicted molar refractivity (Wildman–Crippen MR) is 193 cm³/mol. The summed E-state index contributed by atoms with van der Waals surface area (Å²) >= 11 is 4.00. The first kappa shape index (κ1) is 26.6. The van der Waals surface area contributed by atoms with Gasteiger partial charge in [-0.2, -0.15) is 0 Å². The monoisotopic (exact) mass is 624 g/mol. The fraction of sp³-hybridized carbons (Fsp3) is 0. The normalized spacial score (nSPS) is 11.4. The van der Waals surface area contributed by atoms with Gasteiger partial charge in [0.1, 0.15) is 7.85 Å². The van der Waals surface area contributed by atoms with Crippen molar-refractivity contribution in [2.24, 2.45) is 0 Å². The highest BCUT2D eigenvalue weighted by atomic mass is 79.9. The molecule has 0 N–H and O–H groups in total. The Labute approximate surface area is 266 Å². The Balaban J connectivity index is 1.46. The van der Waals surface area contributed by atoms with E-state index in [9.17, 15) is 0 Å². The van der Waals surface area contributed by atoms with Gasteiger partial charge in [0.25, 0.3) is 0 Å². The first-order chi connectivity index (χ1) is 21.7. The first-order valence-corrected chi connectivity index (χ1v) is 15.5. The Morgan fingerprint density at radius 2 is 0.773 bits per heavy atom. The molecule has 0 bridgehead atoms. The van der Waals surface area contributed by atoms with Crippen molar-refractivity contribution in [3.05, 3.63) is 162 Å². The molecule has 206 valence electrons. The lowest BCUT2D eigenvalue weighted by molar-refractivity contribution is 1.29. The maximum Gasteiger partial charge on any atom is 0.116 e. The number of rotatable bonds is 6. The van der Waals surface area contributed by atoms with Crippen LogP contribution in [0.25, 0.3) is 32.3 Å². The van der Waals surface area contributed by atoms with Gasteiger partial charge < -0.3 is 9.80 Å². The van der Waals surface area contributed by atoms with E-state index in [2.05, 4.69) is 171 Å². The van der Waals surface area contributed by atoms with E-state index in [4.69, 9.17) is 7.85 Å². The van der Waals surface area contributed by atoms with Crippen LogP contribution in [-0.4, -0.2) is 7.85 Å². The standard InChI is InChI=1S/C40H26BBrN2/c41-35-25-27-21-24-34-38-28(26-36(42)40(34)44(31-17-9-3-10-18-31)32-19-11-4-12-20-32)22-23-33(37(27)38)39(35)43(29-13-5-1-6-14-29)30-15-7-2-8-16-30/h1-26H. The third kappa shape index (κ3) is 4.33. The summed E-state index contributed by atoms with van der Waals surface area (Å²) in [6, 6.07) is 55.3. The van der Waals surface area contributed by atoms with Crippen molar-refractivity contribution in [3.63, 3.8) is 0 Å². The number of hydrogen-bond donors (Lipinski definition) is 0. The number of halogens is 1. The molecule has 0 saturated carbocycles. The van der Waals surface area contributed by atoms with E-state index in [0.717, 1.165) is 54.8 Å². The second-order valence-corrected chi connectivity index (χ2v) is 11.8. The van der Waals surface area contributed by atoms with E-state index in [0.29, 0.717) is 0 Å². The van der Waals surface area contributed by atoms with Gasteiger partial charge >= 0.3 is 0 Å². The molecule has 0 saturated heterocycles. The number of anilines is 6. The van der Waals surface area contributed by atoms with E-state index in [1.807, 2.05) is 12.1 Å². The third-order valence-electron chi connectivity index (χ3n) is 8.33. The van der Waals surface area contributed by atoms with Crippen LogP contribution < -0.4 is 15.3 Å². The summed E-state index contributed by atoms with van der Waals surface area (Å²) in [5, 5.41) is 7.01. The zero-order valence-electron chi connectivity index (χ0n) is 23.9. The summed E-state index contributed by atoms with van der Waals surface area (Å²) in [4.78, 5) is 4.61. The highest BCUT2D eigenvalue weighted by Gasteiger charge is 2.24. The third-order valence-corrected chi connectivity index (χ3v) is 8.94. The Kier molecular flexibility index (Phi) is 6.58. The van der Waals surface area contributed by atoms with Gasteiger partial charge in [-0.1, -0.05) is 109 Å². The molecule has 2 radical (unpaired) electrons. The van der Waals surface area contributed by atoms with Crippen LogP contribution in [-0.2, 0) is 0 Å². The smallest absolute Gasteiger partial charge is 0.116 e. The molecule has 4 heteroatoms. The average molecular weight is 625 g/mol. The molecule has 8 aromatic rings. The van der Waals surface area contributed by atoms with E-state index >= 15 is 0 Å². The zero-order valence-corrected chi connectivity index (χ0v) is 25.4. The number of para-hydroxylation sites is 4. The minimum Gasteiger partial charge on any atom is -0.310 e. The molecule has 0 unspecified atom stereocenters. The van der Waals surface area contributed by atoms with E-state index in [1.165, 1.54) is 21.5 Å². The Morgan fingerprint density at radius 3 is 1.20 bits per heavy atom. The maximum absolute atomic E-state index is 6.97. The summed E-state index contributed by atoms with van der Waals surface area (Å²) in [6.45, 7) is 0. The lowest BCUT2D eigenvalue weighted by Crippen LogP contribution is -2.20. The van der Waals surface area contributed by atoms with Gasteiger partial charge in [-0.3, -0.25) is 0 Å². The topological polar surface area (TPSA) is 6.48 Å². The molecular formula is C40H26BBrN2. The van der Waals surface area contributed by atoms with Gasteiger partial charge in [0, 0.05) is 43.7 Å². The molecule has 0 aliphatic carbocycles. The first-order valence-electron chi connectivity index (χ1n) is 14.7. The SMILES string of the molecule is [B]c1cc2ccc3c(N(c4ccccc4)c4ccccc4)c(Br)cc4ccc(c1N(c1ccccc1)c1ccccc1)c2c43. The second kappa shape index (κ2) is 10.9. The van der Waals surface area contributed by atoms with Crippen molar-refractivity contribution in [1.82, 2.24) is 0 Å². The largest absolute Gasteiger partial charge is 0.310 e. The van der Waals surface area contributed by atoms with Crippen molar-refractivity contribution in [3.8, 4) is 0 Å². The molecule has 2 nitrogen and oxygen atoms in total. The molecule has 0 amide bonds. The molecule has 0 aliphatic rings. The Bertz CT molecular complexity index is 2000. The lowest BCUT2D eigenvalue weighted by atomic mass is 9.84. The average Bonchev–Trinajstić information content (AvgIpc) is 3.07. The van der Waals surface area contributed by atoms with Gasteiger partial charge in [-0.05, 0) is 92.1 Å². The second-order valence-electron chi connectivity index (χ2n) is 11.0. The molecule has 0 heterocycles. The lowest BCUT2D eigenvalue weighted by Gasteiger charge is -2.31. The summed E-state index contributed by atoms with van der Waals surface area (Å²) in [7, 11) is 6.97. The molecule has 44 heavy (non-hydrogen) atoms. The van der Waals surface area contributed by atoms with Crippen LogP contribution in [0.5, 0.6) is 0 Å². The van der Waals surface area contributed by atoms with E-state index in [-0.39, 0.29) is 0 Å². The minimum absolute atomic E-state index is 0.736. The maximum atomic E-state index is 6.97. The van der Waals surface area contributed by atoms with Crippen LogP contribution >= 0.6 is 15.9 Å². The minimum atomic E-state index is 0.736. The van der Waals surface area contributed by atoms with Crippen molar-refractivity contribution in [2.75, 3.05) is 9.80 Å². The summed E-state index contributed by atoms with van der Waals surface area (Å²) < 4.78 is 1.03.